The molecule has 4 saturated carbocycles. The van der Waals surface area contributed by atoms with Crippen LogP contribution in [-0.4, -0.2) is 156 Å². The Hall–Kier alpha value is -10.0. The first kappa shape index (κ1) is 65.7. The topological polar surface area (TPSA) is 241 Å². The van der Waals surface area contributed by atoms with Crippen LogP contribution in [0.15, 0.2) is 135 Å². The van der Waals surface area contributed by atoms with Crippen LogP contribution in [0.5, 0.6) is 5.75 Å². The minimum atomic E-state index is -0.584. The molecule has 15 rings (SSSR count). The Morgan fingerprint density at radius 3 is 1.54 bits per heavy atom. The molecule has 2 saturated heterocycles. The van der Waals surface area contributed by atoms with Gasteiger partial charge in [0.25, 0.3) is 17.7 Å². The van der Waals surface area contributed by atoms with Gasteiger partial charge in [0.15, 0.2) is 0 Å². The van der Waals surface area contributed by atoms with Crippen LogP contribution in [0.1, 0.15) is 124 Å². The number of primary amides is 1. The molecule has 23 heteroatoms. The monoisotopic (exact) mass is 1310 g/mol. The van der Waals surface area contributed by atoms with Crippen molar-refractivity contribution in [3.8, 4) is 56.2 Å². The first-order valence-corrected chi connectivity index (χ1v) is 33.5. The summed E-state index contributed by atoms with van der Waals surface area (Å²) < 4.78 is 40.2. The van der Waals surface area contributed by atoms with Crippen LogP contribution < -0.4 is 31.3 Å². The van der Waals surface area contributed by atoms with Gasteiger partial charge in [-0.3, -0.25) is 34.1 Å². The minimum Gasteiger partial charge on any atom is -0.492 e. The highest BCUT2D eigenvalue weighted by atomic mass is 19.1. The Morgan fingerprint density at radius 1 is 0.557 bits per heavy atom. The smallest absolute Gasteiger partial charge is 0.254 e. The van der Waals surface area contributed by atoms with Crippen LogP contribution in [0.3, 0.4) is 0 Å². The van der Waals surface area contributed by atoms with Crippen molar-refractivity contribution >= 4 is 29.3 Å². The highest BCUT2D eigenvalue weighted by Gasteiger charge is 2.50. The standard InChI is InChI=1S/C26H31FN6O.C25H28FN5O2.C23H23N5O2/c1-17-10-25(27)24(26(34)30-19-4-5-19)12-23(17)18-13-29-33(16-18)22-11-21(14-28-15-22)32-8-6-20(7-9-32)31(2)3;1-16-7-24(26)23(25(32)29-19-3-4-19)9-22(16)18-10-28-31(14-18)20-8-21(12-27-11-20)33-15-17-5-6-30(2)13-17;1-14-2-3-15(21(29)27-18-4-5-18)8-20(14)16-10-26-28(13-16)19-9-17(11-25-12-19)23(6-7-23)22(24)30/h10-16,19-20H,4-9H2,1-3H3,(H,30,34);7-12,14,17,19H,3-6,13,15H2,1-2H3,(H,29,32);2-3,8-13,18H,4-7H2,1H3,(H2,24,30)(H,27,29). The second kappa shape index (κ2) is 28.0. The van der Waals surface area contributed by atoms with Gasteiger partial charge in [0.1, 0.15) is 17.4 Å². The molecule has 0 radical (unpaired) electrons. The average molecular weight is 1310 g/mol. The molecule has 8 heterocycles. The summed E-state index contributed by atoms with van der Waals surface area (Å²) in [5, 5.41) is 22.2. The highest BCUT2D eigenvalue weighted by molar-refractivity contribution is 5.98. The fraction of sp³-hybridized carbons (Fsp3) is 0.378. The Morgan fingerprint density at radius 2 is 1.04 bits per heavy atom. The lowest BCUT2D eigenvalue weighted by Crippen LogP contribution is -2.42. The largest absolute Gasteiger partial charge is 0.492 e. The zero-order valence-electron chi connectivity index (χ0n) is 55.6. The Kier molecular flexibility index (Phi) is 18.9. The number of hydrogen-bond donors (Lipinski definition) is 4. The van der Waals surface area contributed by atoms with Crippen LogP contribution in [0, 0.1) is 38.3 Å². The second-order valence-electron chi connectivity index (χ2n) is 27.2. The summed E-state index contributed by atoms with van der Waals surface area (Å²) in [6.45, 7) is 10.5. The normalized spacial score (nSPS) is 17.4. The van der Waals surface area contributed by atoms with Crippen molar-refractivity contribution < 1.29 is 32.7 Å². The number of nitrogens with two attached hydrogens (primary N) is 1. The van der Waals surface area contributed by atoms with Gasteiger partial charge in [-0.15, -0.1) is 0 Å². The molecule has 6 aromatic heterocycles. The van der Waals surface area contributed by atoms with Gasteiger partial charge in [-0.1, -0.05) is 6.07 Å². The van der Waals surface area contributed by atoms with Crippen molar-refractivity contribution in [3.63, 3.8) is 0 Å². The molecule has 4 amide bonds. The highest BCUT2D eigenvalue weighted by Crippen LogP contribution is 2.48. The molecule has 0 spiro atoms. The molecule has 21 nitrogen and oxygen atoms in total. The number of carbonyl (C=O) groups is 4. The average Bonchev–Trinajstić information content (AvgIpc) is 1.62. The number of ether oxygens (including phenoxy) is 1. The number of piperidine rings is 1. The third-order valence-electron chi connectivity index (χ3n) is 19.3. The maximum Gasteiger partial charge on any atom is 0.254 e. The van der Waals surface area contributed by atoms with Crippen LogP contribution in [0.2, 0.25) is 0 Å². The lowest BCUT2D eigenvalue weighted by molar-refractivity contribution is -0.120. The Balaban J connectivity index is 0.000000131. The van der Waals surface area contributed by atoms with E-state index in [0.29, 0.717) is 35.9 Å². The van der Waals surface area contributed by atoms with E-state index in [1.165, 1.54) is 12.1 Å². The van der Waals surface area contributed by atoms with Gasteiger partial charge in [0, 0.05) is 103 Å². The lowest BCUT2D eigenvalue weighted by Gasteiger charge is -2.36. The summed E-state index contributed by atoms with van der Waals surface area (Å²) in [5.41, 5.74) is 17.8. The number of benzene rings is 3. The number of rotatable bonds is 19. The van der Waals surface area contributed by atoms with Crippen LogP contribution in [-0.2, 0) is 10.2 Å². The number of nitrogens with zero attached hydrogens (tertiary/aromatic N) is 12. The molecule has 5 N–H and O–H groups in total. The fourth-order valence-corrected chi connectivity index (χ4v) is 12.6. The van der Waals surface area contributed by atoms with Gasteiger partial charge in [-0.25, -0.2) is 22.8 Å². The molecule has 3 aromatic carbocycles. The van der Waals surface area contributed by atoms with Gasteiger partial charge < -0.3 is 41.1 Å². The van der Waals surface area contributed by atoms with Crippen LogP contribution in [0.25, 0.3) is 50.4 Å². The van der Waals surface area contributed by atoms with E-state index >= 15 is 0 Å². The van der Waals surface area contributed by atoms with Crippen molar-refractivity contribution in [2.45, 2.75) is 121 Å². The fourth-order valence-electron chi connectivity index (χ4n) is 12.6. The molecule has 97 heavy (non-hydrogen) atoms. The first-order chi connectivity index (χ1) is 46.8. The SMILES string of the molecule is Cc1cc(F)c(C(=O)NC2CC2)cc1-c1cnn(-c2cncc(N3CCC(N(C)C)CC3)c2)c1.Cc1cc(F)c(C(=O)NC2CC2)cc1-c1cnn(-c2cncc(OCC3CCN(C)C3)c2)c1.Cc1ccc(C(=O)NC2CC2)cc1-c1cnn(-c2cncc(C3(C(N)=O)CC3)c2)c1. The van der Waals surface area contributed by atoms with E-state index in [9.17, 15) is 28.0 Å². The molecule has 1 unspecified atom stereocenters. The maximum absolute atomic E-state index is 14.5. The number of aromatic nitrogens is 9. The summed E-state index contributed by atoms with van der Waals surface area (Å²) in [7, 11) is 6.41. The molecular weight excluding hydrogens is 1230 g/mol. The van der Waals surface area contributed by atoms with E-state index in [1.54, 1.807) is 75.8 Å². The zero-order valence-corrected chi connectivity index (χ0v) is 55.6. The number of anilines is 1. The van der Waals surface area contributed by atoms with E-state index in [2.05, 4.69) is 88.1 Å². The molecule has 502 valence electrons. The van der Waals surface area contributed by atoms with Gasteiger partial charge in [0.2, 0.25) is 5.91 Å². The van der Waals surface area contributed by atoms with Crippen molar-refractivity contribution in [2.24, 2.45) is 11.7 Å². The Labute approximate surface area is 562 Å². The van der Waals surface area contributed by atoms with Crippen molar-refractivity contribution in [1.29, 1.82) is 0 Å². The molecule has 2 aliphatic heterocycles. The van der Waals surface area contributed by atoms with Gasteiger partial charge in [-0.2, -0.15) is 15.3 Å². The molecule has 9 aromatic rings. The van der Waals surface area contributed by atoms with Crippen molar-refractivity contribution in [3.05, 3.63) is 186 Å². The van der Waals surface area contributed by atoms with Gasteiger partial charge in [0.05, 0.1) is 95.5 Å². The number of amides is 4. The second-order valence-corrected chi connectivity index (χ2v) is 27.2. The summed E-state index contributed by atoms with van der Waals surface area (Å²) in [4.78, 5) is 69.3. The van der Waals surface area contributed by atoms with E-state index in [-0.39, 0.29) is 46.8 Å². The zero-order chi connectivity index (χ0) is 67.6. The summed E-state index contributed by atoms with van der Waals surface area (Å²) in [6, 6.07) is 19.0. The van der Waals surface area contributed by atoms with E-state index in [4.69, 9.17) is 10.5 Å². The number of likely N-dealkylation sites (tertiary alicyclic amines) is 1. The maximum atomic E-state index is 14.5. The van der Waals surface area contributed by atoms with Gasteiger partial charge in [-0.05, 0) is 207 Å². The minimum absolute atomic E-state index is 0.0378. The molecule has 6 fully saturated rings. The van der Waals surface area contributed by atoms with E-state index in [1.807, 2.05) is 75.9 Å². The summed E-state index contributed by atoms with van der Waals surface area (Å²) in [6.07, 6.45) is 32.3. The summed E-state index contributed by atoms with van der Waals surface area (Å²) in [5.74, 6) is -0.844. The van der Waals surface area contributed by atoms with Gasteiger partial charge >= 0.3 is 0 Å². The molecule has 1 atom stereocenters. The van der Waals surface area contributed by atoms with Crippen molar-refractivity contribution in [1.82, 2.24) is 70.0 Å². The number of pyridine rings is 3. The number of carbonyl (C=O) groups excluding carboxylic acids is 4. The van der Waals surface area contributed by atoms with E-state index < -0.39 is 17.0 Å². The molecule has 6 aliphatic rings. The Bertz CT molecular complexity index is 4400. The van der Waals surface area contributed by atoms with Crippen LogP contribution in [0.4, 0.5) is 14.5 Å². The summed E-state index contributed by atoms with van der Waals surface area (Å²) >= 11 is 0. The quantitative estimate of drug-likeness (QED) is 0.0589. The predicted molar refractivity (Wildman–Crippen MR) is 366 cm³/mol. The molecule has 0 bridgehead atoms. The molecule has 4 aliphatic carbocycles. The predicted octanol–water partition coefficient (Wildman–Crippen LogP) is 10.1. The molecular formula is C74H82F2N16O5. The van der Waals surface area contributed by atoms with E-state index in [0.717, 1.165) is 175 Å². The van der Waals surface area contributed by atoms with Crippen LogP contribution >= 0.6 is 0 Å². The third kappa shape index (κ3) is 15.5. The number of halogens is 2. The number of hydrogen-bond acceptors (Lipinski definition) is 14. The lowest BCUT2D eigenvalue weighted by atomic mass is 9.97. The van der Waals surface area contributed by atoms with Crippen molar-refractivity contribution in [2.75, 3.05) is 58.8 Å². The first-order valence-electron chi connectivity index (χ1n) is 33.5. The number of nitrogens with one attached hydrogen (secondary N) is 3. The third-order valence-corrected chi connectivity index (χ3v) is 19.3. The number of aryl methyl sites for hydroxylation is 3.